The van der Waals surface area contributed by atoms with Gasteiger partial charge in [0.15, 0.2) is 11.6 Å². The van der Waals surface area contributed by atoms with E-state index < -0.39 is 11.6 Å². The lowest BCUT2D eigenvalue weighted by atomic mass is 10.1. The van der Waals surface area contributed by atoms with Crippen LogP contribution in [0.15, 0.2) is 18.2 Å². The molecule has 0 bridgehead atoms. The average molecular weight is 257 g/mol. The molecule has 0 heterocycles. The Morgan fingerprint density at radius 2 is 2.00 bits per heavy atom. The van der Waals surface area contributed by atoms with Crippen LogP contribution >= 0.6 is 0 Å². The Bertz CT molecular complexity index is 365. The van der Waals surface area contributed by atoms with Crippen molar-refractivity contribution in [2.24, 2.45) is 0 Å². The van der Waals surface area contributed by atoms with Crippen molar-refractivity contribution in [1.82, 2.24) is 5.32 Å². The molecular weight excluding hydrogens is 236 g/mol. The summed E-state index contributed by atoms with van der Waals surface area (Å²) in [6.45, 7) is 4.65. The normalized spacial score (nSPS) is 14.5. The summed E-state index contributed by atoms with van der Waals surface area (Å²) < 4.78 is 31.1. The van der Waals surface area contributed by atoms with Gasteiger partial charge in [-0.15, -0.1) is 0 Å². The summed E-state index contributed by atoms with van der Waals surface area (Å²) in [6.07, 6.45) is 2.04. The van der Waals surface area contributed by atoms with Crippen LogP contribution in [-0.2, 0) is 4.74 Å². The highest BCUT2D eigenvalue weighted by Crippen LogP contribution is 2.17. The maximum absolute atomic E-state index is 13.1. The topological polar surface area (TPSA) is 21.3 Å². The Balaban J connectivity index is 2.67. The SMILES string of the molecule is CCCC(COC)NC(C)c1ccc(F)c(F)c1. The third-order valence-corrected chi connectivity index (χ3v) is 2.93. The molecule has 0 saturated carbocycles. The zero-order chi connectivity index (χ0) is 13.5. The van der Waals surface area contributed by atoms with E-state index in [4.69, 9.17) is 4.74 Å². The van der Waals surface area contributed by atoms with E-state index in [1.807, 2.05) is 6.92 Å². The summed E-state index contributed by atoms with van der Waals surface area (Å²) in [4.78, 5) is 0. The first-order valence-electron chi connectivity index (χ1n) is 6.28. The van der Waals surface area contributed by atoms with E-state index in [0.29, 0.717) is 6.61 Å². The fourth-order valence-corrected chi connectivity index (χ4v) is 2.00. The predicted octanol–water partition coefficient (Wildman–Crippen LogP) is 3.43. The number of ether oxygens (including phenoxy) is 1. The van der Waals surface area contributed by atoms with Crippen LogP contribution in [0.1, 0.15) is 38.3 Å². The van der Waals surface area contributed by atoms with Crippen molar-refractivity contribution < 1.29 is 13.5 Å². The maximum Gasteiger partial charge on any atom is 0.159 e. The molecule has 102 valence electrons. The van der Waals surface area contributed by atoms with Gasteiger partial charge < -0.3 is 10.1 Å². The van der Waals surface area contributed by atoms with Crippen LogP contribution in [0.2, 0.25) is 0 Å². The van der Waals surface area contributed by atoms with Gasteiger partial charge in [0.05, 0.1) is 6.61 Å². The molecule has 0 fully saturated rings. The highest BCUT2D eigenvalue weighted by atomic mass is 19.2. The molecule has 1 N–H and O–H groups in total. The van der Waals surface area contributed by atoms with Gasteiger partial charge in [-0.1, -0.05) is 19.4 Å². The van der Waals surface area contributed by atoms with Gasteiger partial charge in [0.25, 0.3) is 0 Å². The molecule has 1 aromatic rings. The van der Waals surface area contributed by atoms with Crippen LogP contribution in [0.3, 0.4) is 0 Å². The molecule has 2 nitrogen and oxygen atoms in total. The molecule has 0 radical (unpaired) electrons. The Labute approximate surface area is 107 Å². The summed E-state index contributed by atoms with van der Waals surface area (Å²) in [7, 11) is 1.66. The molecule has 0 aliphatic rings. The fraction of sp³-hybridized carbons (Fsp3) is 0.571. The van der Waals surface area contributed by atoms with Gasteiger partial charge in [0.2, 0.25) is 0 Å². The van der Waals surface area contributed by atoms with Gasteiger partial charge in [-0.2, -0.15) is 0 Å². The molecule has 0 aromatic heterocycles. The number of methoxy groups -OCH3 is 1. The number of hydrogen-bond donors (Lipinski definition) is 1. The second kappa shape index (κ2) is 7.44. The third kappa shape index (κ3) is 4.35. The molecule has 18 heavy (non-hydrogen) atoms. The van der Waals surface area contributed by atoms with Gasteiger partial charge >= 0.3 is 0 Å². The Kier molecular flexibility index (Phi) is 6.22. The monoisotopic (exact) mass is 257 g/mol. The van der Waals surface area contributed by atoms with E-state index in [1.165, 1.54) is 6.07 Å². The molecule has 0 aliphatic heterocycles. The molecule has 0 aliphatic carbocycles. The lowest BCUT2D eigenvalue weighted by Crippen LogP contribution is -2.35. The van der Waals surface area contributed by atoms with Gasteiger partial charge in [0, 0.05) is 19.2 Å². The first-order chi connectivity index (χ1) is 8.58. The Morgan fingerprint density at radius 1 is 1.28 bits per heavy atom. The van der Waals surface area contributed by atoms with E-state index in [9.17, 15) is 8.78 Å². The van der Waals surface area contributed by atoms with Crippen LogP contribution in [0.5, 0.6) is 0 Å². The van der Waals surface area contributed by atoms with E-state index >= 15 is 0 Å². The third-order valence-electron chi connectivity index (χ3n) is 2.93. The van der Waals surface area contributed by atoms with Gasteiger partial charge in [-0.3, -0.25) is 0 Å². The lowest BCUT2D eigenvalue weighted by molar-refractivity contribution is 0.157. The fourth-order valence-electron chi connectivity index (χ4n) is 2.00. The van der Waals surface area contributed by atoms with Crippen molar-refractivity contribution in [2.75, 3.05) is 13.7 Å². The number of hydrogen-bond acceptors (Lipinski definition) is 2. The van der Waals surface area contributed by atoms with E-state index in [1.54, 1.807) is 13.2 Å². The molecule has 0 saturated heterocycles. The van der Waals surface area contributed by atoms with Crippen molar-refractivity contribution in [3.05, 3.63) is 35.4 Å². The lowest BCUT2D eigenvalue weighted by Gasteiger charge is -2.22. The first kappa shape index (κ1) is 15.1. The van der Waals surface area contributed by atoms with Crippen LogP contribution < -0.4 is 5.32 Å². The summed E-state index contributed by atoms with van der Waals surface area (Å²) in [5.41, 5.74) is 0.742. The number of rotatable bonds is 7. The average Bonchev–Trinajstić information content (AvgIpc) is 2.33. The van der Waals surface area contributed by atoms with Crippen LogP contribution in [-0.4, -0.2) is 19.8 Å². The molecule has 1 rings (SSSR count). The summed E-state index contributed by atoms with van der Waals surface area (Å²) >= 11 is 0. The van der Waals surface area contributed by atoms with Gasteiger partial charge in [0.1, 0.15) is 0 Å². The van der Waals surface area contributed by atoms with Crippen LogP contribution in [0.25, 0.3) is 0 Å². The molecule has 0 spiro atoms. The second-order valence-electron chi connectivity index (χ2n) is 4.50. The molecule has 2 unspecified atom stereocenters. The first-order valence-corrected chi connectivity index (χ1v) is 6.28. The number of benzene rings is 1. The second-order valence-corrected chi connectivity index (χ2v) is 4.50. The Morgan fingerprint density at radius 3 is 2.56 bits per heavy atom. The minimum atomic E-state index is -0.812. The summed E-state index contributed by atoms with van der Waals surface area (Å²) in [5, 5.41) is 3.37. The van der Waals surface area contributed by atoms with Crippen molar-refractivity contribution >= 4 is 0 Å². The Hall–Kier alpha value is -1.00. The van der Waals surface area contributed by atoms with Crippen molar-refractivity contribution in [2.45, 2.75) is 38.8 Å². The van der Waals surface area contributed by atoms with E-state index in [2.05, 4.69) is 12.2 Å². The van der Waals surface area contributed by atoms with Crippen molar-refractivity contribution in [3.63, 3.8) is 0 Å². The van der Waals surface area contributed by atoms with Crippen molar-refractivity contribution in [1.29, 1.82) is 0 Å². The maximum atomic E-state index is 13.1. The molecule has 0 amide bonds. The molecule has 4 heteroatoms. The van der Waals surface area contributed by atoms with Crippen molar-refractivity contribution in [3.8, 4) is 0 Å². The van der Waals surface area contributed by atoms with Gasteiger partial charge in [-0.25, -0.2) is 8.78 Å². The standard InChI is InChI=1S/C14H21F2NO/c1-4-5-12(9-18-3)17-10(2)11-6-7-13(15)14(16)8-11/h6-8,10,12,17H,4-5,9H2,1-3H3. The number of halogens is 2. The largest absolute Gasteiger partial charge is 0.383 e. The molecule has 2 atom stereocenters. The molecular formula is C14H21F2NO. The predicted molar refractivity (Wildman–Crippen MR) is 68.5 cm³/mol. The van der Waals surface area contributed by atoms with Crippen LogP contribution in [0, 0.1) is 11.6 Å². The zero-order valence-corrected chi connectivity index (χ0v) is 11.2. The highest BCUT2D eigenvalue weighted by Gasteiger charge is 2.14. The van der Waals surface area contributed by atoms with E-state index in [-0.39, 0.29) is 12.1 Å². The molecule has 1 aromatic carbocycles. The van der Waals surface area contributed by atoms with E-state index in [0.717, 1.165) is 24.5 Å². The highest BCUT2D eigenvalue weighted by molar-refractivity contribution is 5.20. The van der Waals surface area contributed by atoms with Crippen LogP contribution in [0.4, 0.5) is 8.78 Å². The smallest absolute Gasteiger partial charge is 0.159 e. The number of nitrogens with one attached hydrogen (secondary N) is 1. The quantitative estimate of drug-likeness (QED) is 0.808. The van der Waals surface area contributed by atoms with Gasteiger partial charge in [-0.05, 0) is 31.0 Å². The minimum absolute atomic E-state index is 0.0354. The summed E-state index contributed by atoms with van der Waals surface area (Å²) in [6, 6.07) is 4.19. The summed E-state index contributed by atoms with van der Waals surface area (Å²) in [5.74, 6) is -1.62. The minimum Gasteiger partial charge on any atom is -0.383 e. The zero-order valence-electron chi connectivity index (χ0n) is 11.2.